The number of anilines is 1. The fourth-order valence-corrected chi connectivity index (χ4v) is 2.79. The molecule has 3 N–H and O–H groups in total. The van der Waals surface area contributed by atoms with E-state index in [-0.39, 0.29) is 11.6 Å². The Morgan fingerprint density at radius 3 is 2.44 bits per heavy atom. The highest BCUT2D eigenvalue weighted by Gasteiger charge is 2.22. The second-order valence-electron chi connectivity index (χ2n) is 5.54. The van der Waals surface area contributed by atoms with Crippen LogP contribution >= 0.6 is 0 Å². The van der Waals surface area contributed by atoms with Crippen molar-refractivity contribution in [1.82, 2.24) is 5.16 Å². The van der Waals surface area contributed by atoms with Crippen molar-refractivity contribution in [2.75, 3.05) is 20.0 Å². The van der Waals surface area contributed by atoms with Crippen LogP contribution in [0.25, 0.3) is 22.5 Å². The Balaban J connectivity index is 2.16. The maximum Gasteiger partial charge on any atom is 0.180 e. The van der Waals surface area contributed by atoms with Gasteiger partial charge in [-0.15, -0.1) is 0 Å². The molecule has 6 nitrogen and oxygen atoms in total. The fraction of sp³-hybridized carbons (Fsp3) is 0.211. The molecule has 130 valence electrons. The predicted molar refractivity (Wildman–Crippen MR) is 95.9 cm³/mol. The number of aryl methyl sites for hydroxylation is 1. The van der Waals surface area contributed by atoms with Gasteiger partial charge in [-0.05, 0) is 35.7 Å². The van der Waals surface area contributed by atoms with Crippen molar-refractivity contribution < 1.29 is 19.1 Å². The molecule has 25 heavy (non-hydrogen) atoms. The molecule has 0 saturated heterocycles. The maximum atomic E-state index is 10.4. The smallest absolute Gasteiger partial charge is 0.180 e. The molecule has 0 aliphatic carbocycles. The molecule has 0 aliphatic heterocycles. The fourth-order valence-electron chi connectivity index (χ4n) is 2.79. The SMILES string of the molecule is CCc1cc(-c2onc(N)c2-c2ccc(OC)cc2)c(O)cc1OC. The van der Waals surface area contributed by atoms with Crippen molar-refractivity contribution in [3.8, 4) is 39.7 Å². The van der Waals surface area contributed by atoms with Crippen LogP contribution < -0.4 is 15.2 Å². The van der Waals surface area contributed by atoms with Gasteiger partial charge in [-0.3, -0.25) is 0 Å². The van der Waals surface area contributed by atoms with E-state index in [0.29, 0.717) is 22.6 Å². The molecule has 6 heteroatoms. The molecule has 0 fully saturated rings. The number of phenols is 1. The van der Waals surface area contributed by atoms with Gasteiger partial charge in [0.1, 0.15) is 17.2 Å². The monoisotopic (exact) mass is 340 g/mol. The number of nitrogens with two attached hydrogens (primary N) is 1. The number of rotatable bonds is 5. The first-order valence-electron chi connectivity index (χ1n) is 7.88. The van der Waals surface area contributed by atoms with E-state index in [0.717, 1.165) is 23.3 Å². The largest absolute Gasteiger partial charge is 0.507 e. The molecule has 0 spiro atoms. The number of phenolic OH excluding ortho intramolecular Hbond substituents is 1. The van der Waals surface area contributed by atoms with E-state index in [2.05, 4.69) is 5.16 Å². The Kier molecular flexibility index (Phi) is 4.52. The third-order valence-corrected chi connectivity index (χ3v) is 4.12. The summed E-state index contributed by atoms with van der Waals surface area (Å²) in [6, 6.07) is 10.8. The van der Waals surface area contributed by atoms with Crippen molar-refractivity contribution >= 4 is 5.82 Å². The molecule has 0 saturated carbocycles. The van der Waals surface area contributed by atoms with E-state index < -0.39 is 0 Å². The minimum atomic E-state index is 0.0416. The van der Waals surface area contributed by atoms with E-state index in [1.54, 1.807) is 20.3 Å². The van der Waals surface area contributed by atoms with Crippen LogP contribution in [-0.4, -0.2) is 24.5 Å². The Hall–Kier alpha value is -3.15. The van der Waals surface area contributed by atoms with Crippen LogP contribution in [0.3, 0.4) is 0 Å². The van der Waals surface area contributed by atoms with Gasteiger partial charge in [-0.2, -0.15) is 0 Å². The zero-order chi connectivity index (χ0) is 18.0. The summed E-state index contributed by atoms with van der Waals surface area (Å²) in [5.41, 5.74) is 8.94. The Labute approximate surface area is 145 Å². The van der Waals surface area contributed by atoms with Crippen LogP contribution in [0, 0.1) is 0 Å². The lowest BCUT2D eigenvalue weighted by Gasteiger charge is -2.11. The molecule has 1 heterocycles. The molecule has 0 bridgehead atoms. The molecule has 0 radical (unpaired) electrons. The van der Waals surface area contributed by atoms with Gasteiger partial charge in [0.25, 0.3) is 0 Å². The molecule has 3 aromatic rings. The Morgan fingerprint density at radius 2 is 1.84 bits per heavy atom. The number of nitrogens with zero attached hydrogens (tertiary/aromatic N) is 1. The van der Waals surface area contributed by atoms with Crippen LogP contribution in [0.5, 0.6) is 17.2 Å². The van der Waals surface area contributed by atoms with Gasteiger partial charge in [-0.1, -0.05) is 24.2 Å². The second-order valence-corrected chi connectivity index (χ2v) is 5.54. The molecule has 2 aromatic carbocycles. The Morgan fingerprint density at radius 1 is 1.12 bits per heavy atom. The number of benzene rings is 2. The first-order valence-corrected chi connectivity index (χ1v) is 7.88. The van der Waals surface area contributed by atoms with Crippen LogP contribution in [0.15, 0.2) is 40.9 Å². The van der Waals surface area contributed by atoms with Crippen molar-refractivity contribution in [3.05, 3.63) is 42.0 Å². The minimum Gasteiger partial charge on any atom is -0.507 e. The summed E-state index contributed by atoms with van der Waals surface area (Å²) in [5.74, 6) is 2.08. The van der Waals surface area contributed by atoms with Gasteiger partial charge in [0, 0.05) is 6.07 Å². The first-order chi connectivity index (χ1) is 12.1. The summed E-state index contributed by atoms with van der Waals surface area (Å²) >= 11 is 0. The van der Waals surface area contributed by atoms with E-state index in [1.165, 1.54) is 0 Å². The summed E-state index contributed by atoms with van der Waals surface area (Å²) in [5, 5.41) is 14.3. The lowest BCUT2D eigenvalue weighted by Crippen LogP contribution is -1.93. The number of hydrogen-bond donors (Lipinski definition) is 2. The number of aromatic hydroxyl groups is 1. The highest BCUT2D eigenvalue weighted by Crippen LogP contribution is 2.42. The van der Waals surface area contributed by atoms with Gasteiger partial charge in [0.05, 0.1) is 25.3 Å². The maximum absolute atomic E-state index is 10.4. The van der Waals surface area contributed by atoms with Crippen LogP contribution in [0.2, 0.25) is 0 Å². The normalized spacial score (nSPS) is 10.7. The quantitative estimate of drug-likeness (QED) is 0.732. The summed E-state index contributed by atoms with van der Waals surface area (Å²) < 4.78 is 15.9. The molecule has 0 atom stereocenters. The number of aromatic nitrogens is 1. The minimum absolute atomic E-state index is 0.0416. The van der Waals surface area contributed by atoms with Gasteiger partial charge in [0.15, 0.2) is 11.6 Å². The van der Waals surface area contributed by atoms with Crippen molar-refractivity contribution in [2.45, 2.75) is 13.3 Å². The van der Waals surface area contributed by atoms with Gasteiger partial charge in [-0.25, -0.2) is 0 Å². The Bertz CT molecular complexity index is 885. The number of nitrogen functional groups attached to an aromatic ring is 1. The van der Waals surface area contributed by atoms with E-state index in [1.807, 2.05) is 37.3 Å². The lowest BCUT2D eigenvalue weighted by atomic mass is 9.98. The molecule has 0 unspecified atom stereocenters. The first kappa shape index (κ1) is 16.7. The molecular weight excluding hydrogens is 320 g/mol. The average Bonchev–Trinajstić information content (AvgIpc) is 3.02. The summed E-state index contributed by atoms with van der Waals surface area (Å²) in [6.45, 7) is 2.01. The van der Waals surface area contributed by atoms with Crippen LogP contribution in [0.1, 0.15) is 12.5 Å². The number of ether oxygens (including phenoxy) is 2. The van der Waals surface area contributed by atoms with E-state index in [9.17, 15) is 5.11 Å². The van der Waals surface area contributed by atoms with Crippen molar-refractivity contribution in [2.24, 2.45) is 0 Å². The highest BCUT2D eigenvalue weighted by atomic mass is 16.5. The summed E-state index contributed by atoms with van der Waals surface area (Å²) in [4.78, 5) is 0. The van der Waals surface area contributed by atoms with Gasteiger partial charge < -0.3 is 24.8 Å². The lowest BCUT2D eigenvalue weighted by molar-refractivity contribution is 0.401. The predicted octanol–water partition coefficient (Wildman–Crippen LogP) is 3.88. The van der Waals surface area contributed by atoms with Gasteiger partial charge >= 0.3 is 0 Å². The van der Waals surface area contributed by atoms with Crippen LogP contribution in [0.4, 0.5) is 5.82 Å². The number of methoxy groups -OCH3 is 2. The number of hydrogen-bond acceptors (Lipinski definition) is 6. The second kappa shape index (κ2) is 6.76. The zero-order valence-corrected chi connectivity index (χ0v) is 14.4. The average molecular weight is 340 g/mol. The summed E-state index contributed by atoms with van der Waals surface area (Å²) in [6.07, 6.45) is 0.748. The van der Waals surface area contributed by atoms with Crippen molar-refractivity contribution in [1.29, 1.82) is 0 Å². The standard InChI is InChI=1S/C19H20N2O4/c1-4-11-9-14(15(22)10-16(11)24-3)18-17(19(20)21-25-18)12-5-7-13(23-2)8-6-12/h5-10,22H,4H2,1-3H3,(H2,20,21). The van der Waals surface area contributed by atoms with E-state index >= 15 is 0 Å². The topological polar surface area (TPSA) is 90.7 Å². The van der Waals surface area contributed by atoms with E-state index in [4.69, 9.17) is 19.7 Å². The van der Waals surface area contributed by atoms with Crippen LogP contribution in [-0.2, 0) is 6.42 Å². The third kappa shape index (κ3) is 2.98. The molecule has 3 rings (SSSR count). The molecule has 0 aliphatic rings. The summed E-state index contributed by atoms with van der Waals surface area (Å²) in [7, 11) is 3.18. The third-order valence-electron chi connectivity index (χ3n) is 4.12. The molecular formula is C19H20N2O4. The molecule has 0 amide bonds. The van der Waals surface area contributed by atoms with Gasteiger partial charge in [0.2, 0.25) is 0 Å². The molecule has 1 aromatic heterocycles. The van der Waals surface area contributed by atoms with Crippen molar-refractivity contribution in [3.63, 3.8) is 0 Å². The highest BCUT2D eigenvalue weighted by molar-refractivity contribution is 5.88. The zero-order valence-electron chi connectivity index (χ0n) is 14.4.